The van der Waals surface area contributed by atoms with Crippen molar-refractivity contribution in [3.05, 3.63) is 33.6 Å². The summed E-state index contributed by atoms with van der Waals surface area (Å²) in [6, 6.07) is 5.12. The average molecular weight is 257 g/mol. The van der Waals surface area contributed by atoms with Gasteiger partial charge >= 0.3 is 5.97 Å². The Hall–Kier alpha value is -0.870. The minimum Gasteiger partial charge on any atom is -0.478 e. The number of fused-ring (bicyclic) bond motifs is 1. The fraction of sp³-hybridized carbons (Fsp3) is 0. The van der Waals surface area contributed by atoms with Crippen LogP contribution in [-0.2, 0) is 0 Å². The Kier molecular flexibility index (Phi) is 2.09. The molecule has 0 radical (unpaired) electrons. The van der Waals surface area contributed by atoms with E-state index < -0.39 is 5.97 Å². The van der Waals surface area contributed by atoms with E-state index in [1.807, 2.05) is 11.4 Å². The van der Waals surface area contributed by atoms with Crippen molar-refractivity contribution in [2.75, 3.05) is 0 Å². The van der Waals surface area contributed by atoms with Crippen LogP contribution in [0.25, 0.3) is 10.1 Å². The molecular weight excluding hydrogens is 252 g/mol. The monoisotopic (exact) mass is 256 g/mol. The highest BCUT2D eigenvalue weighted by molar-refractivity contribution is 9.10. The van der Waals surface area contributed by atoms with Gasteiger partial charge in [-0.3, -0.25) is 0 Å². The van der Waals surface area contributed by atoms with Crippen molar-refractivity contribution in [1.82, 2.24) is 0 Å². The molecule has 2 aromatic rings. The summed E-state index contributed by atoms with van der Waals surface area (Å²) in [6.45, 7) is 0. The molecule has 0 unspecified atom stereocenters. The molecular formula is C9H5BrO2S. The maximum absolute atomic E-state index is 10.6. The highest BCUT2D eigenvalue weighted by Crippen LogP contribution is 2.30. The smallest absolute Gasteiger partial charge is 0.335 e. The SMILES string of the molecule is O=C(O)c1ccc2c(Br)csc2c1. The van der Waals surface area contributed by atoms with Crippen LogP contribution < -0.4 is 0 Å². The Morgan fingerprint density at radius 3 is 2.92 bits per heavy atom. The van der Waals surface area contributed by atoms with Crippen molar-refractivity contribution in [3.63, 3.8) is 0 Å². The summed E-state index contributed by atoms with van der Waals surface area (Å²) in [6.07, 6.45) is 0. The summed E-state index contributed by atoms with van der Waals surface area (Å²) in [5.41, 5.74) is 0.335. The maximum Gasteiger partial charge on any atom is 0.335 e. The van der Waals surface area contributed by atoms with E-state index >= 15 is 0 Å². The number of carboxylic acid groups (broad SMARTS) is 1. The molecule has 2 nitrogen and oxygen atoms in total. The van der Waals surface area contributed by atoms with E-state index in [0.29, 0.717) is 5.56 Å². The van der Waals surface area contributed by atoms with Crippen LogP contribution in [0.5, 0.6) is 0 Å². The largest absolute Gasteiger partial charge is 0.478 e. The molecule has 4 heteroatoms. The summed E-state index contributed by atoms with van der Waals surface area (Å²) in [5.74, 6) is -0.883. The third kappa shape index (κ3) is 1.47. The maximum atomic E-state index is 10.6. The molecule has 1 aromatic heterocycles. The Balaban J connectivity index is 2.70. The van der Waals surface area contributed by atoms with Crippen LogP contribution >= 0.6 is 27.3 Å². The van der Waals surface area contributed by atoms with Gasteiger partial charge in [-0.1, -0.05) is 6.07 Å². The van der Waals surface area contributed by atoms with Crippen molar-refractivity contribution in [2.45, 2.75) is 0 Å². The van der Waals surface area contributed by atoms with Crippen molar-refractivity contribution < 1.29 is 9.90 Å². The lowest BCUT2D eigenvalue weighted by Gasteiger charge is -1.94. The third-order valence-electron chi connectivity index (χ3n) is 1.78. The summed E-state index contributed by atoms with van der Waals surface area (Å²) in [5, 5.41) is 11.8. The van der Waals surface area contributed by atoms with Gasteiger partial charge in [0.25, 0.3) is 0 Å². The van der Waals surface area contributed by atoms with Gasteiger partial charge < -0.3 is 5.11 Å². The van der Waals surface area contributed by atoms with E-state index in [0.717, 1.165) is 14.6 Å². The normalized spacial score (nSPS) is 10.5. The Labute approximate surface area is 86.9 Å². The molecule has 0 spiro atoms. The van der Waals surface area contributed by atoms with Crippen LogP contribution in [-0.4, -0.2) is 11.1 Å². The zero-order chi connectivity index (χ0) is 9.42. The van der Waals surface area contributed by atoms with Crippen LogP contribution in [0.15, 0.2) is 28.1 Å². The molecule has 1 N–H and O–H groups in total. The fourth-order valence-corrected chi connectivity index (χ4v) is 2.74. The van der Waals surface area contributed by atoms with Crippen molar-refractivity contribution in [2.24, 2.45) is 0 Å². The Morgan fingerprint density at radius 2 is 2.23 bits per heavy atom. The molecule has 0 aliphatic rings. The van der Waals surface area contributed by atoms with Gasteiger partial charge in [0.15, 0.2) is 0 Å². The second-order valence-corrected chi connectivity index (χ2v) is 4.37. The van der Waals surface area contributed by atoms with E-state index in [2.05, 4.69) is 15.9 Å². The van der Waals surface area contributed by atoms with E-state index in [4.69, 9.17) is 5.11 Å². The first-order chi connectivity index (χ1) is 6.18. The summed E-state index contributed by atoms with van der Waals surface area (Å²) in [4.78, 5) is 10.6. The number of hydrogen-bond acceptors (Lipinski definition) is 2. The predicted octanol–water partition coefficient (Wildman–Crippen LogP) is 3.36. The first-order valence-electron chi connectivity index (χ1n) is 3.58. The number of aromatic carboxylic acids is 1. The van der Waals surface area contributed by atoms with Crippen molar-refractivity contribution >= 4 is 43.3 Å². The molecule has 0 aliphatic carbocycles. The summed E-state index contributed by atoms with van der Waals surface area (Å²) >= 11 is 4.93. The highest BCUT2D eigenvalue weighted by Gasteiger charge is 2.06. The molecule has 0 saturated carbocycles. The van der Waals surface area contributed by atoms with Gasteiger partial charge in [0.2, 0.25) is 0 Å². The van der Waals surface area contributed by atoms with Crippen molar-refractivity contribution in [3.8, 4) is 0 Å². The molecule has 66 valence electrons. The molecule has 0 amide bonds. The van der Waals surface area contributed by atoms with Gasteiger partial charge in [0.05, 0.1) is 5.56 Å². The van der Waals surface area contributed by atoms with Gasteiger partial charge in [-0.2, -0.15) is 0 Å². The van der Waals surface area contributed by atoms with Crippen LogP contribution in [0, 0.1) is 0 Å². The van der Waals surface area contributed by atoms with E-state index in [1.165, 1.54) is 11.3 Å². The highest BCUT2D eigenvalue weighted by atomic mass is 79.9. The number of benzene rings is 1. The number of thiophene rings is 1. The number of halogens is 1. The molecule has 0 aliphatic heterocycles. The zero-order valence-corrected chi connectivity index (χ0v) is 8.85. The molecule has 1 aromatic carbocycles. The number of carboxylic acids is 1. The fourth-order valence-electron chi connectivity index (χ4n) is 1.13. The lowest BCUT2D eigenvalue weighted by molar-refractivity contribution is 0.0697. The van der Waals surface area contributed by atoms with Gasteiger partial charge in [0, 0.05) is 19.9 Å². The van der Waals surface area contributed by atoms with Gasteiger partial charge in [-0.25, -0.2) is 4.79 Å². The standard InChI is InChI=1S/C9H5BrO2S/c10-7-4-13-8-3-5(9(11)12)1-2-6(7)8/h1-4H,(H,11,12). The zero-order valence-electron chi connectivity index (χ0n) is 6.45. The summed E-state index contributed by atoms with van der Waals surface area (Å²) < 4.78 is 2.01. The Bertz CT molecular complexity index is 475. The minimum absolute atomic E-state index is 0.335. The molecule has 2 rings (SSSR count). The number of hydrogen-bond donors (Lipinski definition) is 1. The predicted molar refractivity (Wildman–Crippen MR) is 56.5 cm³/mol. The van der Waals surface area contributed by atoms with Gasteiger partial charge in [-0.05, 0) is 28.1 Å². The molecule has 0 saturated heterocycles. The molecule has 0 atom stereocenters. The number of carbonyl (C=O) groups is 1. The molecule has 0 fully saturated rings. The first-order valence-corrected chi connectivity index (χ1v) is 5.26. The van der Waals surface area contributed by atoms with Crippen LogP contribution in [0.1, 0.15) is 10.4 Å². The molecule has 13 heavy (non-hydrogen) atoms. The van der Waals surface area contributed by atoms with Crippen molar-refractivity contribution in [1.29, 1.82) is 0 Å². The minimum atomic E-state index is -0.883. The van der Waals surface area contributed by atoms with E-state index in [9.17, 15) is 4.79 Å². The number of rotatable bonds is 1. The molecule has 1 heterocycles. The molecule has 0 bridgehead atoms. The topological polar surface area (TPSA) is 37.3 Å². The van der Waals surface area contributed by atoms with Crippen LogP contribution in [0.3, 0.4) is 0 Å². The van der Waals surface area contributed by atoms with E-state index in [1.54, 1.807) is 12.1 Å². The lowest BCUT2D eigenvalue weighted by Crippen LogP contribution is -1.94. The summed E-state index contributed by atoms with van der Waals surface area (Å²) in [7, 11) is 0. The van der Waals surface area contributed by atoms with Crippen LogP contribution in [0.4, 0.5) is 0 Å². The van der Waals surface area contributed by atoms with Crippen LogP contribution in [0.2, 0.25) is 0 Å². The average Bonchev–Trinajstić information content (AvgIpc) is 2.47. The second-order valence-electron chi connectivity index (χ2n) is 2.60. The Morgan fingerprint density at radius 1 is 1.46 bits per heavy atom. The quantitative estimate of drug-likeness (QED) is 0.850. The van der Waals surface area contributed by atoms with Gasteiger partial charge in [-0.15, -0.1) is 11.3 Å². The first kappa shape index (κ1) is 8.72. The lowest BCUT2D eigenvalue weighted by atomic mass is 10.2. The van der Waals surface area contributed by atoms with Gasteiger partial charge in [0.1, 0.15) is 0 Å². The second kappa shape index (κ2) is 3.12. The third-order valence-corrected chi connectivity index (χ3v) is 3.68. The van der Waals surface area contributed by atoms with E-state index in [-0.39, 0.29) is 0 Å².